The van der Waals surface area contributed by atoms with Gasteiger partial charge in [-0.15, -0.1) is 0 Å². The molecule has 1 aromatic carbocycles. The lowest BCUT2D eigenvalue weighted by Crippen LogP contribution is -2.23. The maximum absolute atomic E-state index is 14.2. The number of ether oxygens (including phenoxy) is 1. The van der Waals surface area contributed by atoms with E-state index in [1.165, 1.54) is 24.4 Å². The fraction of sp³-hybridized carbons (Fsp3) is 0.364. The van der Waals surface area contributed by atoms with Gasteiger partial charge in [0.05, 0.1) is 12.3 Å². The van der Waals surface area contributed by atoms with Gasteiger partial charge in [-0.3, -0.25) is 9.78 Å². The Hall–Kier alpha value is -2.73. The molecule has 28 heavy (non-hydrogen) atoms. The molecule has 148 valence electrons. The van der Waals surface area contributed by atoms with Gasteiger partial charge in [0.25, 0.3) is 0 Å². The van der Waals surface area contributed by atoms with Gasteiger partial charge in [-0.05, 0) is 67.5 Å². The summed E-state index contributed by atoms with van der Waals surface area (Å²) in [7, 11) is 0. The first-order chi connectivity index (χ1) is 13.6. The number of halogens is 1. The number of nitrogens with zero attached hydrogens (tertiary/aromatic N) is 1. The Balaban J connectivity index is 1.44. The van der Waals surface area contributed by atoms with Crippen LogP contribution in [0.1, 0.15) is 37.7 Å². The van der Waals surface area contributed by atoms with Crippen LogP contribution in [-0.4, -0.2) is 28.6 Å². The molecular weight excluding hydrogens is 359 g/mol. The molecule has 1 aliphatic rings. The highest BCUT2D eigenvalue weighted by Gasteiger charge is 2.24. The lowest BCUT2D eigenvalue weighted by molar-refractivity contribution is -0.116. The summed E-state index contributed by atoms with van der Waals surface area (Å²) in [6.45, 7) is 0.568. The number of nitrogens with one attached hydrogen (secondary N) is 1. The number of aromatic nitrogens is 1. The number of amides is 1. The molecule has 0 saturated heterocycles. The third kappa shape index (κ3) is 5.89. The number of hydrogen-bond donors (Lipinski definition) is 2. The van der Waals surface area contributed by atoms with Crippen LogP contribution in [0.5, 0.6) is 11.5 Å². The van der Waals surface area contributed by atoms with Crippen molar-refractivity contribution in [2.45, 2.75) is 38.2 Å². The van der Waals surface area contributed by atoms with E-state index in [0.29, 0.717) is 23.8 Å². The summed E-state index contributed by atoms with van der Waals surface area (Å²) >= 11 is 0. The summed E-state index contributed by atoms with van der Waals surface area (Å²) < 4.78 is 19.6. The van der Waals surface area contributed by atoms with Crippen molar-refractivity contribution in [1.29, 1.82) is 0 Å². The molecule has 0 spiro atoms. The van der Waals surface area contributed by atoms with Gasteiger partial charge < -0.3 is 15.2 Å². The quantitative estimate of drug-likeness (QED) is 0.531. The van der Waals surface area contributed by atoms with Gasteiger partial charge in [-0.1, -0.05) is 12.5 Å². The molecule has 6 heteroatoms. The Morgan fingerprint density at radius 3 is 2.96 bits per heavy atom. The molecule has 1 aliphatic carbocycles. The average molecular weight is 384 g/mol. The summed E-state index contributed by atoms with van der Waals surface area (Å²) in [6.07, 6.45) is 10.7. The van der Waals surface area contributed by atoms with Crippen LogP contribution >= 0.6 is 0 Å². The first-order valence-electron chi connectivity index (χ1n) is 9.63. The average Bonchev–Trinajstić information content (AvgIpc) is 3.11. The van der Waals surface area contributed by atoms with Crippen LogP contribution in [0.15, 0.2) is 48.8 Å². The van der Waals surface area contributed by atoms with Crippen LogP contribution in [0.4, 0.5) is 4.39 Å². The second-order valence-electron chi connectivity index (χ2n) is 7.01. The fourth-order valence-electron chi connectivity index (χ4n) is 3.40. The summed E-state index contributed by atoms with van der Waals surface area (Å²) in [4.78, 5) is 15.8. The van der Waals surface area contributed by atoms with E-state index in [9.17, 15) is 14.3 Å². The van der Waals surface area contributed by atoms with Gasteiger partial charge in [-0.25, -0.2) is 4.39 Å². The number of rotatable bonds is 8. The summed E-state index contributed by atoms with van der Waals surface area (Å²) in [5, 5.41) is 12.6. The van der Waals surface area contributed by atoms with E-state index in [-0.39, 0.29) is 17.8 Å². The zero-order valence-electron chi connectivity index (χ0n) is 15.7. The van der Waals surface area contributed by atoms with Gasteiger partial charge in [-0.2, -0.15) is 0 Å². The van der Waals surface area contributed by atoms with Crippen molar-refractivity contribution in [3.63, 3.8) is 0 Å². The van der Waals surface area contributed by atoms with Crippen LogP contribution in [0.2, 0.25) is 0 Å². The molecule has 1 fully saturated rings. The second-order valence-corrected chi connectivity index (χ2v) is 7.01. The van der Waals surface area contributed by atoms with Gasteiger partial charge >= 0.3 is 0 Å². The van der Waals surface area contributed by atoms with Gasteiger partial charge in [0.1, 0.15) is 5.75 Å². The standard InChI is InChI=1S/C22H25FN2O3/c23-19-14-16(8-10-21(19)28-18-6-3-12-24-15-18)9-11-22(27)25-13-2-5-17-4-1-7-20(17)26/h3,6,8-12,14-15,17,20,26H,1-2,4-5,7,13H2,(H,25,27)/b11-9+. The molecule has 1 heterocycles. The van der Waals surface area contributed by atoms with E-state index in [1.807, 2.05) is 0 Å². The lowest BCUT2D eigenvalue weighted by Gasteiger charge is -2.13. The Bertz CT molecular complexity index is 811. The van der Waals surface area contributed by atoms with E-state index in [4.69, 9.17) is 4.74 Å². The van der Waals surface area contributed by atoms with Crippen LogP contribution in [0, 0.1) is 11.7 Å². The molecule has 1 amide bonds. The summed E-state index contributed by atoms with van der Waals surface area (Å²) in [5.74, 6) is 0.185. The van der Waals surface area contributed by atoms with Crippen molar-refractivity contribution in [3.05, 3.63) is 60.2 Å². The summed E-state index contributed by atoms with van der Waals surface area (Å²) in [5.41, 5.74) is 0.570. The number of benzene rings is 1. The van der Waals surface area contributed by atoms with Crippen LogP contribution in [0.25, 0.3) is 6.08 Å². The smallest absolute Gasteiger partial charge is 0.243 e. The highest BCUT2D eigenvalue weighted by molar-refractivity contribution is 5.91. The zero-order chi connectivity index (χ0) is 19.8. The molecule has 1 aromatic heterocycles. The van der Waals surface area contributed by atoms with E-state index in [0.717, 1.165) is 32.1 Å². The van der Waals surface area contributed by atoms with Gasteiger partial charge in [0.15, 0.2) is 11.6 Å². The minimum atomic E-state index is -0.512. The van der Waals surface area contributed by atoms with Crippen molar-refractivity contribution >= 4 is 12.0 Å². The number of hydrogen-bond acceptors (Lipinski definition) is 4. The first kappa shape index (κ1) is 20.0. The molecule has 2 N–H and O–H groups in total. The van der Waals surface area contributed by atoms with Crippen LogP contribution < -0.4 is 10.1 Å². The van der Waals surface area contributed by atoms with Crippen molar-refractivity contribution in [2.75, 3.05) is 6.54 Å². The zero-order valence-corrected chi connectivity index (χ0v) is 15.7. The lowest BCUT2D eigenvalue weighted by atomic mass is 10.00. The molecule has 2 aromatic rings. The molecule has 5 nitrogen and oxygen atoms in total. The molecule has 0 radical (unpaired) electrons. The Morgan fingerprint density at radius 2 is 2.25 bits per heavy atom. The highest BCUT2D eigenvalue weighted by atomic mass is 19.1. The number of pyridine rings is 1. The van der Waals surface area contributed by atoms with Crippen molar-refractivity contribution in [3.8, 4) is 11.5 Å². The highest BCUT2D eigenvalue weighted by Crippen LogP contribution is 2.29. The Labute approximate surface area is 164 Å². The maximum Gasteiger partial charge on any atom is 0.243 e. The fourth-order valence-corrected chi connectivity index (χ4v) is 3.40. The van der Waals surface area contributed by atoms with Crippen molar-refractivity contribution in [1.82, 2.24) is 10.3 Å². The maximum atomic E-state index is 14.2. The third-order valence-electron chi connectivity index (χ3n) is 4.92. The molecule has 2 atom stereocenters. The van der Waals surface area contributed by atoms with Crippen LogP contribution in [-0.2, 0) is 4.79 Å². The number of aliphatic hydroxyl groups excluding tert-OH is 1. The normalized spacial score (nSPS) is 19.1. The van der Waals surface area contributed by atoms with E-state index in [2.05, 4.69) is 10.3 Å². The number of aliphatic hydroxyl groups is 1. The number of carbonyl (C=O) groups is 1. The SMILES string of the molecule is O=C(/C=C/c1ccc(Oc2cccnc2)c(F)c1)NCCCC1CCCC1O. The monoisotopic (exact) mass is 384 g/mol. The first-order valence-corrected chi connectivity index (χ1v) is 9.63. The second kappa shape index (κ2) is 9.99. The molecule has 3 rings (SSSR count). The minimum absolute atomic E-state index is 0.101. The predicted molar refractivity (Wildman–Crippen MR) is 105 cm³/mol. The largest absolute Gasteiger partial charge is 0.453 e. The molecular formula is C22H25FN2O3. The van der Waals surface area contributed by atoms with E-state index in [1.54, 1.807) is 30.5 Å². The predicted octanol–water partition coefficient (Wildman–Crippen LogP) is 4.08. The minimum Gasteiger partial charge on any atom is -0.453 e. The summed E-state index contributed by atoms with van der Waals surface area (Å²) in [6, 6.07) is 7.92. The van der Waals surface area contributed by atoms with E-state index < -0.39 is 5.82 Å². The van der Waals surface area contributed by atoms with Crippen molar-refractivity contribution < 1.29 is 19.0 Å². The molecule has 0 bridgehead atoms. The third-order valence-corrected chi connectivity index (χ3v) is 4.92. The topological polar surface area (TPSA) is 71.5 Å². The Kier molecular flexibility index (Phi) is 7.14. The molecule has 1 saturated carbocycles. The van der Waals surface area contributed by atoms with Crippen molar-refractivity contribution in [2.24, 2.45) is 5.92 Å². The van der Waals surface area contributed by atoms with Gasteiger partial charge in [0.2, 0.25) is 5.91 Å². The van der Waals surface area contributed by atoms with E-state index >= 15 is 0 Å². The Morgan fingerprint density at radius 1 is 1.36 bits per heavy atom. The molecule has 2 unspecified atom stereocenters. The molecule has 0 aliphatic heterocycles. The van der Waals surface area contributed by atoms with Gasteiger partial charge in [0, 0.05) is 18.8 Å². The number of carbonyl (C=O) groups excluding carboxylic acids is 1. The van der Waals surface area contributed by atoms with Crippen LogP contribution in [0.3, 0.4) is 0 Å².